The molecule has 2 nitrogen and oxygen atoms in total. The fraction of sp³-hybridized carbons (Fsp3) is 0.706. The second-order valence-electron chi connectivity index (χ2n) is 6.68. The number of fused-ring (bicyclic) bond motifs is 1. The molecule has 19 heavy (non-hydrogen) atoms. The highest BCUT2D eigenvalue weighted by molar-refractivity contribution is 5.76. The predicted octanol–water partition coefficient (Wildman–Crippen LogP) is 4.12. The summed E-state index contributed by atoms with van der Waals surface area (Å²) in [5, 5.41) is 0. The molecule has 0 N–H and O–H groups in total. The van der Waals surface area contributed by atoms with Gasteiger partial charge >= 0.3 is 5.97 Å². The van der Waals surface area contributed by atoms with E-state index in [2.05, 4.69) is 32.1 Å². The second-order valence-corrected chi connectivity index (χ2v) is 6.68. The lowest BCUT2D eigenvalue weighted by molar-refractivity contribution is -0.153. The highest BCUT2D eigenvalue weighted by Gasteiger charge is 2.44. The van der Waals surface area contributed by atoms with Gasteiger partial charge < -0.3 is 4.74 Å². The molecule has 0 aliphatic heterocycles. The first-order chi connectivity index (χ1) is 8.95. The molecule has 0 heterocycles. The molecule has 0 saturated heterocycles. The summed E-state index contributed by atoms with van der Waals surface area (Å²) < 4.78 is 5.49. The van der Waals surface area contributed by atoms with E-state index >= 15 is 0 Å². The van der Waals surface area contributed by atoms with Crippen LogP contribution < -0.4 is 0 Å². The summed E-state index contributed by atoms with van der Waals surface area (Å²) in [6.07, 6.45) is 9.76. The highest BCUT2D eigenvalue weighted by atomic mass is 16.5. The van der Waals surface area contributed by atoms with Gasteiger partial charge in [-0.1, -0.05) is 44.9 Å². The highest BCUT2D eigenvalue weighted by Crippen LogP contribution is 2.50. The molecule has 2 aliphatic rings. The first-order valence-corrected chi connectivity index (χ1v) is 7.52. The van der Waals surface area contributed by atoms with E-state index in [1.165, 1.54) is 0 Å². The molecule has 1 fully saturated rings. The van der Waals surface area contributed by atoms with Gasteiger partial charge in [-0.2, -0.15) is 0 Å². The monoisotopic (exact) mass is 262 g/mol. The topological polar surface area (TPSA) is 26.3 Å². The molecule has 0 bridgehead atoms. The van der Waals surface area contributed by atoms with Gasteiger partial charge in [-0.15, -0.1) is 0 Å². The van der Waals surface area contributed by atoms with Crippen LogP contribution in [0.25, 0.3) is 0 Å². The van der Waals surface area contributed by atoms with E-state index in [1.807, 2.05) is 13.8 Å². The third-order valence-corrected chi connectivity index (χ3v) is 4.53. The van der Waals surface area contributed by atoms with E-state index < -0.39 is 0 Å². The third kappa shape index (κ3) is 3.29. The number of hydrogen-bond donors (Lipinski definition) is 0. The summed E-state index contributed by atoms with van der Waals surface area (Å²) in [6, 6.07) is 0. The molecular formula is C17H26O2. The molecule has 2 aliphatic carbocycles. The summed E-state index contributed by atoms with van der Waals surface area (Å²) in [6.45, 7) is 8.82. The Hall–Kier alpha value is -1.05. The van der Waals surface area contributed by atoms with Crippen LogP contribution in [0.5, 0.6) is 0 Å². The zero-order valence-corrected chi connectivity index (χ0v) is 12.6. The van der Waals surface area contributed by atoms with E-state index in [4.69, 9.17) is 4.74 Å². The van der Waals surface area contributed by atoms with Crippen molar-refractivity contribution in [2.24, 2.45) is 23.2 Å². The number of esters is 1. The van der Waals surface area contributed by atoms with Crippen LogP contribution in [-0.4, -0.2) is 12.6 Å². The van der Waals surface area contributed by atoms with Gasteiger partial charge in [0.1, 0.15) is 6.61 Å². The number of allylic oxidation sites excluding steroid dienone is 2. The first kappa shape index (κ1) is 14.4. The number of carbonyl (C=O) groups excluding carboxylic acids is 1. The Kier molecular flexibility index (Phi) is 4.17. The summed E-state index contributed by atoms with van der Waals surface area (Å²) in [7, 11) is 0. The normalized spacial score (nSPS) is 28.6. The van der Waals surface area contributed by atoms with Gasteiger partial charge in [0.2, 0.25) is 0 Å². The minimum absolute atomic E-state index is 0.0683. The summed E-state index contributed by atoms with van der Waals surface area (Å²) in [4.78, 5) is 12.1. The Balaban J connectivity index is 1.81. The average Bonchev–Trinajstić information content (AvgIpc) is 3.04. The maximum absolute atomic E-state index is 12.1. The lowest BCUT2D eigenvalue weighted by atomic mass is 9.87. The molecule has 0 amide bonds. The predicted molar refractivity (Wildman–Crippen MR) is 77.6 cm³/mol. The zero-order valence-electron chi connectivity index (χ0n) is 12.6. The molecule has 106 valence electrons. The maximum Gasteiger partial charge on any atom is 0.311 e. The van der Waals surface area contributed by atoms with Crippen molar-refractivity contribution in [2.75, 3.05) is 6.61 Å². The van der Waals surface area contributed by atoms with Crippen molar-refractivity contribution >= 4 is 5.97 Å². The summed E-state index contributed by atoms with van der Waals surface area (Å²) in [5.41, 5.74) is 0.801. The van der Waals surface area contributed by atoms with Crippen molar-refractivity contribution in [3.05, 3.63) is 23.8 Å². The minimum atomic E-state index is -0.357. The molecule has 0 aromatic rings. The number of rotatable bonds is 6. The number of unbranched alkanes of at least 4 members (excludes halogenated alkanes) is 1. The molecule has 3 unspecified atom stereocenters. The molecule has 2 rings (SSSR count). The fourth-order valence-corrected chi connectivity index (χ4v) is 2.79. The number of ether oxygens (including phenoxy) is 1. The molecule has 0 aromatic heterocycles. The van der Waals surface area contributed by atoms with Crippen molar-refractivity contribution in [1.29, 1.82) is 0 Å². The van der Waals surface area contributed by atoms with Gasteiger partial charge in [0.15, 0.2) is 0 Å². The summed E-state index contributed by atoms with van der Waals surface area (Å²) >= 11 is 0. The molecule has 0 radical (unpaired) electrons. The third-order valence-electron chi connectivity index (χ3n) is 4.53. The molecule has 2 heteroatoms. The molecular weight excluding hydrogens is 236 g/mol. The second kappa shape index (κ2) is 5.52. The fourth-order valence-electron chi connectivity index (χ4n) is 2.79. The summed E-state index contributed by atoms with van der Waals surface area (Å²) in [5.74, 6) is 2.12. The maximum atomic E-state index is 12.1. The van der Waals surface area contributed by atoms with Crippen molar-refractivity contribution in [2.45, 2.75) is 47.0 Å². The van der Waals surface area contributed by atoms with Gasteiger partial charge in [0.25, 0.3) is 0 Å². The lowest BCUT2D eigenvalue weighted by Gasteiger charge is -2.22. The standard InChI is InChI=1S/C17H26O2/c1-5-6-9-17(3,4)16(18)19-11-13-7-8-14-12(2)15(14)10-13/h7-8,10,12,14-15H,5-6,9,11H2,1-4H3. The smallest absolute Gasteiger partial charge is 0.311 e. The quantitative estimate of drug-likeness (QED) is 0.673. The van der Waals surface area contributed by atoms with E-state index in [-0.39, 0.29) is 11.4 Å². The van der Waals surface area contributed by atoms with Gasteiger partial charge in [-0.3, -0.25) is 4.79 Å². The van der Waals surface area contributed by atoms with Crippen LogP contribution in [0.2, 0.25) is 0 Å². The molecule has 0 aromatic carbocycles. The van der Waals surface area contributed by atoms with Crippen LogP contribution in [0.15, 0.2) is 23.8 Å². The van der Waals surface area contributed by atoms with Crippen LogP contribution >= 0.6 is 0 Å². The average molecular weight is 262 g/mol. The van der Waals surface area contributed by atoms with E-state index in [0.717, 1.165) is 36.7 Å². The largest absolute Gasteiger partial charge is 0.460 e. The SMILES string of the molecule is CCCCC(C)(C)C(=O)OCC1=CC2C(C)C2C=C1. The molecule has 3 atom stereocenters. The van der Waals surface area contributed by atoms with Gasteiger partial charge in [0, 0.05) is 0 Å². The Morgan fingerprint density at radius 2 is 2.11 bits per heavy atom. The Morgan fingerprint density at radius 3 is 2.74 bits per heavy atom. The van der Waals surface area contributed by atoms with Crippen molar-refractivity contribution < 1.29 is 9.53 Å². The first-order valence-electron chi connectivity index (χ1n) is 7.52. The van der Waals surface area contributed by atoms with Crippen LogP contribution in [0, 0.1) is 23.2 Å². The lowest BCUT2D eigenvalue weighted by Crippen LogP contribution is -2.27. The van der Waals surface area contributed by atoms with Crippen LogP contribution in [-0.2, 0) is 9.53 Å². The number of hydrogen-bond acceptors (Lipinski definition) is 2. The van der Waals surface area contributed by atoms with Gasteiger partial charge in [-0.25, -0.2) is 0 Å². The molecule has 1 saturated carbocycles. The van der Waals surface area contributed by atoms with Crippen LogP contribution in [0.4, 0.5) is 0 Å². The van der Waals surface area contributed by atoms with E-state index in [9.17, 15) is 4.79 Å². The van der Waals surface area contributed by atoms with E-state index in [0.29, 0.717) is 12.5 Å². The van der Waals surface area contributed by atoms with Crippen LogP contribution in [0.3, 0.4) is 0 Å². The Labute approximate surface area is 116 Å². The minimum Gasteiger partial charge on any atom is -0.460 e. The van der Waals surface area contributed by atoms with Crippen molar-refractivity contribution in [3.8, 4) is 0 Å². The Bertz CT molecular complexity index is 403. The van der Waals surface area contributed by atoms with Crippen molar-refractivity contribution in [1.82, 2.24) is 0 Å². The Morgan fingerprint density at radius 1 is 1.37 bits per heavy atom. The number of carbonyl (C=O) groups is 1. The van der Waals surface area contributed by atoms with Crippen LogP contribution in [0.1, 0.15) is 47.0 Å². The van der Waals surface area contributed by atoms with E-state index in [1.54, 1.807) is 0 Å². The zero-order chi connectivity index (χ0) is 14.0. The van der Waals surface area contributed by atoms with Gasteiger partial charge in [-0.05, 0) is 43.6 Å². The molecule has 0 spiro atoms. The van der Waals surface area contributed by atoms with Gasteiger partial charge in [0.05, 0.1) is 5.41 Å². The van der Waals surface area contributed by atoms with Crippen molar-refractivity contribution in [3.63, 3.8) is 0 Å².